The number of ether oxygens (including phenoxy) is 2. The molecule has 2 aromatic carbocycles. The van der Waals surface area contributed by atoms with E-state index in [1.807, 2.05) is 6.08 Å². The third kappa shape index (κ3) is 5.90. The number of aromatic nitrogens is 2. The van der Waals surface area contributed by atoms with Gasteiger partial charge in [0.2, 0.25) is 0 Å². The zero-order valence-corrected chi connectivity index (χ0v) is 17.4. The zero-order valence-electron chi connectivity index (χ0n) is 17.4. The van der Waals surface area contributed by atoms with E-state index in [4.69, 9.17) is 9.72 Å². The van der Waals surface area contributed by atoms with E-state index < -0.39 is 6.16 Å². The number of carbonyl (C=O) groups is 1. The monoisotopic (exact) mass is 411 g/mol. The fourth-order valence-electron chi connectivity index (χ4n) is 3.11. The molecule has 0 aliphatic rings. The molecule has 0 radical (unpaired) electrons. The van der Waals surface area contributed by atoms with Crippen molar-refractivity contribution in [3.63, 3.8) is 0 Å². The van der Waals surface area contributed by atoms with Crippen LogP contribution in [-0.4, -0.2) is 41.3 Å². The summed E-state index contributed by atoms with van der Waals surface area (Å²) in [7, 11) is 1.27. The van der Waals surface area contributed by atoms with Crippen LogP contribution in [0, 0.1) is 19.7 Å². The van der Waals surface area contributed by atoms with Gasteiger partial charge in [0.25, 0.3) is 0 Å². The Morgan fingerprint density at radius 1 is 1.13 bits per heavy atom. The number of aromatic amines is 1. The topological polar surface area (TPSA) is 67.5 Å². The molecule has 158 valence electrons. The average Bonchev–Trinajstić information content (AvgIpc) is 3.10. The van der Waals surface area contributed by atoms with Crippen LogP contribution in [0.15, 0.2) is 48.6 Å². The maximum absolute atomic E-state index is 13.2. The lowest BCUT2D eigenvalue weighted by molar-refractivity contribution is 0.0817. The zero-order chi connectivity index (χ0) is 21.5. The van der Waals surface area contributed by atoms with Crippen molar-refractivity contribution in [3.8, 4) is 0 Å². The number of nitrogens with one attached hydrogen (secondary N) is 1. The number of nitrogens with zero attached hydrogens (tertiary/aromatic N) is 2. The van der Waals surface area contributed by atoms with Crippen molar-refractivity contribution in [1.82, 2.24) is 14.9 Å². The SMILES string of the molecule is COC(=O)OC/C=C/CN(Cc1ccc(F)cc1)Cc1nc2cc(C)c(C)cc2[nH]1. The average molecular weight is 411 g/mol. The highest BCUT2D eigenvalue weighted by atomic mass is 19.1. The van der Waals surface area contributed by atoms with E-state index in [9.17, 15) is 9.18 Å². The molecule has 0 fully saturated rings. The summed E-state index contributed by atoms with van der Waals surface area (Å²) in [6, 6.07) is 10.7. The van der Waals surface area contributed by atoms with Crippen molar-refractivity contribution in [2.75, 3.05) is 20.3 Å². The van der Waals surface area contributed by atoms with Gasteiger partial charge in [0.05, 0.1) is 24.7 Å². The first kappa shape index (κ1) is 21.5. The summed E-state index contributed by atoms with van der Waals surface area (Å²) in [5.74, 6) is 0.601. The van der Waals surface area contributed by atoms with Crippen LogP contribution in [0.1, 0.15) is 22.5 Å². The van der Waals surface area contributed by atoms with Crippen molar-refractivity contribution in [2.24, 2.45) is 0 Å². The van der Waals surface area contributed by atoms with Crippen molar-refractivity contribution in [2.45, 2.75) is 26.9 Å². The summed E-state index contributed by atoms with van der Waals surface area (Å²) in [6.45, 7) is 6.11. The number of methoxy groups -OCH3 is 1. The van der Waals surface area contributed by atoms with Gasteiger partial charge < -0.3 is 14.5 Å². The molecule has 1 N–H and O–H groups in total. The quantitative estimate of drug-likeness (QED) is 0.431. The van der Waals surface area contributed by atoms with Gasteiger partial charge in [-0.1, -0.05) is 18.2 Å². The number of benzene rings is 2. The minimum atomic E-state index is -0.712. The van der Waals surface area contributed by atoms with Crippen LogP contribution in [0.4, 0.5) is 9.18 Å². The molecule has 0 aliphatic carbocycles. The highest BCUT2D eigenvalue weighted by Gasteiger charge is 2.11. The lowest BCUT2D eigenvalue weighted by atomic mass is 10.1. The molecule has 0 saturated carbocycles. The highest BCUT2D eigenvalue weighted by molar-refractivity contribution is 5.77. The minimum Gasteiger partial charge on any atom is -0.438 e. The first-order chi connectivity index (χ1) is 14.4. The summed E-state index contributed by atoms with van der Waals surface area (Å²) >= 11 is 0. The third-order valence-corrected chi connectivity index (χ3v) is 4.83. The Morgan fingerprint density at radius 2 is 1.87 bits per heavy atom. The molecule has 30 heavy (non-hydrogen) atoms. The van der Waals surface area contributed by atoms with Crippen LogP contribution in [0.5, 0.6) is 0 Å². The Hall–Kier alpha value is -3.19. The number of halogens is 1. The van der Waals surface area contributed by atoms with E-state index in [0.29, 0.717) is 19.6 Å². The predicted molar refractivity (Wildman–Crippen MR) is 114 cm³/mol. The van der Waals surface area contributed by atoms with Gasteiger partial charge >= 0.3 is 6.16 Å². The summed E-state index contributed by atoms with van der Waals surface area (Å²) in [5, 5.41) is 0. The Kier molecular flexibility index (Phi) is 7.19. The van der Waals surface area contributed by atoms with E-state index in [1.165, 1.54) is 30.4 Å². The number of hydrogen-bond acceptors (Lipinski definition) is 5. The molecule has 0 amide bonds. The summed E-state index contributed by atoms with van der Waals surface area (Å²) in [4.78, 5) is 21.3. The number of fused-ring (bicyclic) bond motifs is 1. The molecule has 0 spiro atoms. The second kappa shape index (κ2) is 10.0. The van der Waals surface area contributed by atoms with Crippen LogP contribution in [0.3, 0.4) is 0 Å². The van der Waals surface area contributed by atoms with E-state index in [2.05, 4.69) is 40.6 Å². The van der Waals surface area contributed by atoms with Crippen molar-refractivity contribution >= 4 is 17.2 Å². The largest absolute Gasteiger partial charge is 0.508 e. The molecule has 7 heteroatoms. The van der Waals surface area contributed by atoms with Gasteiger partial charge in [-0.05, 0) is 60.9 Å². The maximum atomic E-state index is 13.2. The van der Waals surface area contributed by atoms with Gasteiger partial charge in [0.1, 0.15) is 18.2 Å². The fraction of sp³-hybridized carbons (Fsp3) is 0.304. The Morgan fingerprint density at radius 3 is 2.60 bits per heavy atom. The molecule has 0 unspecified atom stereocenters. The number of rotatable bonds is 8. The molecule has 1 heterocycles. The first-order valence-electron chi connectivity index (χ1n) is 9.73. The van der Waals surface area contributed by atoms with Gasteiger partial charge in [-0.2, -0.15) is 0 Å². The van der Waals surface area contributed by atoms with Crippen LogP contribution in [-0.2, 0) is 22.6 Å². The molecule has 0 bridgehead atoms. The number of carbonyl (C=O) groups excluding carboxylic acids is 1. The lowest BCUT2D eigenvalue weighted by Gasteiger charge is -2.19. The van der Waals surface area contributed by atoms with Crippen molar-refractivity contribution in [3.05, 3.63) is 76.9 Å². The number of H-pyrrole nitrogens is 1. The molecular formula is C23H26FN3O3. The third-order valence-electron chi connectivity index (χ3n) is 4.83. The summed E-state index contributed by atoms with van der Waals surface area (Å²) in [5.41, 5.74) is 5.37. The van der Waals surface area contributed by atoms with Gasteiger partial charge in [-0.15, -0.1) is 0 Å². The normalized spacial score (nSPS) is 11.5. The number of aryl methyl sites for hydroxylation is 2. The van der Waals surface area contributed by atoms with Crippen LogP contribution in [0.2, 0.25) is 0 Å². The fourth-order valence-corrected chi connectivity index (χ4v) is 3.11. The van der Waals surface area contributed by atoms with Crippen LogP contribution < -0.4 is 0 Å². The minimum absolute atomic E-state index is 0.139. The Bertz CT molecular complexity index is 989. The van der Waals surface area contributed by atoms with Crippen LogP contribution >= 0.6 is 0 Å². The van der Waals surface area contributed by atoms with E-state index in [1.54, 1.807) is 18.2 Å². The van der Waals surface area contributed by atoms with E-state index >= 15 is 0 Å². The molecule has 1 aromatic heterocycles. The maximum Gasteiger partial charge on any atom is 0.508 e. The Balaban J connectivity index is 1.71. The molecule has 3 rings (SSSR count). The predicted octanol–water partition coefficient (Wildman–Crippen LogP) is 4.66. The van der Waals surface area contributed by atoms with Gasteiger partial charge in [0.15, 0.2) is 0 Å². The lowest BCUT2D eigenvalue weighted by Crippen LogP contribution is -2.23. The number of imidazole rings is 1. The Labute approximate surface area is 175 Å². The highest BCUT2D eigenvalue weighted by Crippen LogP contribution is 2.18. The molecule has 0 saturated heterocycles. The van der Waals surface area contributed by atoms with Crippen molar-refractivity contribution < 1.29 is 18.7 Å². The van der Waals surface area contributed by atoms with Crippen LogP contribution in [0.25, 0.3) is 11.0 Å². The summed E-state index contributed by atoms with van der Waals surface area (Å²) < 4.78 is 22.5. The van der Waals surface area contributed by atoms with Gasteiger partial charge in [-0.25, -0.2) is 14.2 Å². The summed E-state index contributed by atoms with van der Waals surface area (Å²) in [6.07, 6.45) is 2.97. The van der Waals surface area contributed by atoms with E-state index in [0.717, 1.165) is 22.4 Å². The van der Waals surface area contributed by atoms with Gasteiger partial charge in [0, 0.05) is 13.1 Å². The number of hydrogen-bond donors (Lipinski definition) is 1. The molecular weight excluding hydrogens is 385 g/mol. The second-order valence-electron chi connectivity index (χ2n) is 7.17. The molecule has 0 atom stereocenters. The van der Waals surface area contributed by atoms with E-state index in [-0.39, 0.29) is 12.4 Å². The molecule has 3 aromatic rings. The van der Waals surface area contributed by atoms with Crippen molar-refractivity contribution in [1.29, 1.82) is 0 Å². The second-order valence-corrected chi connectivity index (χ2v) is 7.17. The molecule has 6 nitrogen and oxygen atoms in total. The smallest absolute Gasteiger partial charge is 0.438 e. The standard InChI is InChI=1S/C23H26FN3O3/c1-16-12-20-21(13-17(16)2)26-22(25-20)15-27(10-4-5-11-30-23(28)29-3)14-18-6-8-19(24)9-7-18/h4-9,12-13H,10-11,14-15H2,1-3H3,(H,25,26)/b5-4+. The molecule has 0 aliphatic heterocycles. The first-order valence-corrected chi connectivity index (χ1v) is 9.73. The van der Waals surface area contributed by atoms with Gasteiger partial charge in [-0.3, -0.25) is 4.90 Å².